The zero-order chi connectivity index (χ0) is 14.6. The van der Waals surface area contributed by atoms with Crippen molar-refractivity contribution in [3.63, 3.8) is 0 Å². The Labute approximate surface area is 113 Å². The quantitative estimate of drug-likeness (QED) is 0.778. The van der Waals surface area contributed by atoms with Crippen LogP contribution in [0.1, 0.15) is 36.7 Å². The van der Waals surface area contributed by atoms with E-state index in [1.807, 2.05) is 20.8 Å². The van der Waals surface area contributed by atoms with E-state index in [-0.39, 0.29) is 12.1 Å². The Balaban J connectivity index is 2.80. The lowest BCUT2D eigenvalue weighted by atomic mass is 10.1. The van der Waals surface area contributed by atoms with Crippen molar-refractivity contribution in [1.29, 1.82) is 0 Å². The number of benzene rings is 1. The summed E-state index contributed by atoms with van der Waals surface area (Å²) in [6.45, 7) is 7.76. The summed E-state index contributed by atoms with van der Waals surface area (Å²) in [5.41, 5.74) is 6.94. The first-order valence-electron chi connectivity index (χ1n) is 6.29. The number of anilines is 1. The highest BCUT2D eigenvalue weighted by Crippen LogP contribution is 2.18. The van der Waals surface area contributed by atoms with Crippen LogP contribution < -0.4 is 16.4 Å². The van der Waals surface area contributed by atoms with Crippen molar-refractivity contribution in [2.75, 3.05) is 5.32 Å². The van der Waals surface area contributed by atoms with Gasteiger partial charge in [0.05, 0.1) is 0 Å². The van der Waals surface area contributed by atoms with Gasteiger partial charge in [0.2, 0.25) is 5.91 Å². The van der Waals surface area contributed by atoms with Gasteiger partial charge in [0.15, 0.2) is 0 Å². The summed E-state index contributed by atoms with van der Waals surface area (Å²) in [7, 11) is 0. The Morgan fingerprint density at radius 3 is 2.37 bits per heavy atom. The Bertz CT molecular complexity index is 484. The number of amides is 3. The summed E-state index contributed by atoms with van der Waals surface area (Å²) in [5, 5.41) is 5.57. The zero-order valence-corrected chi connectivity index (χ0v) is 11.8. The van der Waals surface area contributed by atoms with Gasteiger partial charge in [0.25, 0.3) is 0 Å². The molecule has 0 saturated heterocycles. The molecule has 0 unspecified atom stereocenters. The molecule has 1 atom stereocenters. The lowest BCUT2D eigenvalue weighted by Crippen LogP contribution is -2.39. The first-order valence-corrected chi connectivity index (χ1v) is 6.29. The minimum atomic E-state index is -0.503. The summed E-state index contributed by atoms with van der Waals surface area (Å²) >= 11 is 0. The van der Waals surface area contributed by atoms with Gasteiger partial charge in [-0.15, -0.1) is 0 Å². The molecule has 1 aromatic carbocycles. The van der Waals surface area contributed by atoms with Crippen LogP contribution in [0.4, 0.5) is 10.5 Å². The third-order valence-corrected chi connectivity index (χ3v) is 3.21. The Kier molecular flexibility index (Phi) is 4.92. The van der Waals surface area contributed by atoms with Crippen LogP contribution in [0.2, 0.25) is 0 Å². The first-order chi connectivity index (χ1) is 8.82. The SMILES string of the molecule is Cc1c(NC(=O)N[C@H](C)C(C)C)cccc1C(N)=O. The van der Waals surface area contributed by atoms with Crippen molar-refractivity contribution in [3.8, 4) is 0 Å². The molecule has 0 aliphatic carbocycles. The van der Waals surface area contributed by atoms with Gasteiger partial charge >= 0.3 is 6.03 Å². The minimum absolute atomic E-state index is 0.0691. The number of carbonyl (C=O) groups excluding carboxylic acids is 2. The number of carbonyl (C=O) groups is 2. The maximum Gasteiger partial charge on any atom is 0.319 e. The maximum atomic E-state index is 11.8. The molecule has 0 aromatic heterocycles. The second kappa shape index (κ2) is 6.22. The molecule has 0 bridgehead atoms. The van der Waals surface area contributed by atoms with E-state index in [2.05, 4.69) is 10.6 Å². The number of hydrogen-bond acceptors (Lipinski definition) is 2. The van der Waals surface area contributed by atoms with E-state index in [0.29, 0.717) is 22.7 Å². The van der Waals surface area contributed by atoms with Crippen molar-refractivity contribution in [2.24, 2.45) is 11.7 Å². The van der Waals surface area contributed by atoms with E-state index in [0.717, 1.165) is 0 Å². The molecule has 5 heteroatoms. The Morgan fingerprint density at radius 2 is 1.84 bits per heavy atom. The first kappa shape index (κ1) is 15.0. The van der Waals surface area contributed by atoms with Gasteiger partial charge < -0.3 is 16.4 Å². The van der Waals surface area contributed by atoms with Crippen LogP contribution in [-0.2, 0) is 0 Å². The van der Waals surface area contributed by atoms with E-state index < -0.39 is 5.91 Å². The van der Waals surface area contributed by atoms with Gasteiger partial charge in [-0.1, -0.05) is 19.9 Å². The van der Waals surface area contributed by atoms with Crippen LogP contribution in [0.25, 0.3) is 0 Å². The van der Waals surface area contributed by atoms with E-state index >= 15 is 0 Å². The summed E-state index contributed by atoms with van der Waals surface area (Å²) in [5.74, 6) is -0.152. The number of hydrogen-bond donors (Lipinski definition) is 3. The molecule has 3 amide bonds. The number of rotatable bonds is 4. The van der Waals surface area contributed by atoms with Gasteiger partial charge in [0.1, 0.15) is 0 Å². The molecule has 1 rings (SSSR count). The minimum Gasteiger partial charge on any atom is -0.366 e. The molecule has 5 nitrogen and oxygen atoms in total. The highest BCUT2D eigenvalue weighted by Gasteiger charge is 2.13. The largest absolute Gasteiger partial charge is 0.366 e. The highest BCUT2D eigenvalue weighted by atomic mass is 16.2. The molecule has 0 spiro atoms. The Morgan fingerprint density at radius 1 is 1.21 bits per heavy atom. The second-order valence-electron chi connectivity index (χ2n) is 4.97. The smallest absolute Gasteiger partial charge is 0.319 e. The molecule has 1 aromatic rings. The van der Waals surface area contributed by atoms with Gasteiger partial charge in [0, 0.05) is 17.3 Å². The molecule has 19 heavy (non-hydrogen) atoms. The fraction of sp³-hybridized carbons (Fsp3) is 0.429. The average Bonchev–Trinajstić information content (AvgIpc) is 2.31. The van der Waals surface area contributed by atoms with Crippen LogP contribution in [0.3, 0.4) is 0 Å². The lowest BCUT2D eigenvalue weighted by Gasteiger charge is -2.18. The molecule has 104 valence electrons. The molecule has 0 fully saturated rings. The van der Waals surface area contributed by atoms with Crippen molar-refractivity contribution >= 4 is 17.6 Å². The van der Waals surface area contributed by atoms with Crippen LogP contribution >= 0.6 is 0 Å². The summed E-state index contributed by atoms with van der Waals surface area (Å²) in [6.07, 6.45) is 0. The third kappa shape index (κ3) is 3.98. The van der Waals surface area contributed by atoms with Crippen LogP contribution in [0, 0.1) is 12.8 Å². The fourth-order valence-corrected chi connectivity index (χ4v) is 1.57. The molecular formula is C14H21N3O2. The Hall–Kier alpha value is -2.04. The molecule has 0 saturated carbocycles. The molecule has 4 N–H and O–H groups in total. The van der Waals surface area contributed by atoms with Crippen LogP contribution in [0.15, 0.2) is 18.2 Å². The van der Waals surface area contributed by atoms with E-state index in [9.17, 15) is 9.59 Å². The van der Waals surface area contributed by atoms with E-state index in [4.69, 9.17) is 5.73 Å². The number of nitrogens with two attached hydrogens (primary N) is 1. The van der Waals surface area contributed by atoms with Gasteiger partial charge in [-0.25, -0.2) is 4.79 Å². The van der Waals surface area contributed by atoms with Crippen molar-refractivity contribution in [1.82, 2.24) is 5.32 Å². The third-order valence-electron chi connectivity index (χ3n) is 3.21. The van der Waals surface area contributed by atoms with Crippen molar-refractivity contribution in [3.05, 3.63) is 29.3 Å². The highest BCUT2D eigenvalue weighted by molar-refractivity contribution is 5.98. The summed E-state index contributed by atoms with van der Waals surface area (Å²) in [6, 6.07) is 4.85. The van der Waals surface area contributed by atoms with E-state index in [1.165, 1.54) is 0 Å². The van der Waals surface area contributed by atoms with Crippen LogP contribution in [0.5, 0.6) is 0 Å². The number of urea groups is 1. The summed E-state index contributed by atoms with van der Waals surface area (Å²) < 4.78 is 0. The number of primary amides is 1. The predicted octanol–water partition coefficient (Wildman–Crippen LogP) is 2.26. The molecule has 0 aliphatic heterocycles. The molecular weight excluding hydrogens is 242 g/mol. The zero-order valence-electron chi connectivity index (χ0n) is 11.8. The summed E-state index contributed by atoms with van der Waals surface area (Å²) in [4.78, 5) is 23.0. The molecule has 0 heterocycles. The topological polar surface area (TPSA) is 84.2 Å². The average molecular weight is 263 g/mol. The predicted molar refractivity (Wildman–Crippen MR) is 76.2 cm³/mol. The second-order valence-corrected chi connectivity index (χ2v) is 4.97. The van der Waals surface area contributed by atoms with Crippen LogP contribution in [-0.4, -0.2) is 18.0 Å². The van der Waals surface area contributed by atoms with Gasteiger partial charge in [-0.3, -0.25) is 4.79 Å². The monoisotopic (exact) mass is 263 g/mol. The number of nitrogens with one attached hydrogen (secondary N) is 2. The normalized spacial score (nSPS) is 12.1. The van der Waals surface area contributed by atoms with Gasteiger partial charge in [-0.05, 0) is 37.5 Å². The standard InChI is InChI=1S/C14H21N3O2/c1-8(2)10(4)16-14(19)17-12-7-5-6-11(9(12)3)13(15)18/h5-8,10H,1-4H3,(H2,15,18)(H2,16,17,19)/t10-/m1/s1. The van der Waals surface area contributed by atoms with Crippen molar-refractivity contribution in [2.45, 2.75) is 33.7 Å². The van der Waals surface area contributed by atoms with E-state index in [1.54, 1.807) is 25.1 Å². The van der Waals surface area contributed by atoms with Crippen molar-refractivity contribution < 1.29 is 9.59 Å². The molecule has 0 aliphatic rings. The lowest BCUT2D eigenvalue weighted by molar-refractivity contribution is 0.0999. The molecule has 0 radical (unpaired) electrons. The fourth-order valence-electron chi connectivity index (χ4n) is 1.57. The maximum absolute atomic E-state index is 11.8. The van der Waals surface area contributed by atoms with Gasteiger partial charge in [-0.2, -0.15) is 0 Å².